The minimum absolute atomic E-state index is 0.0981. The number of halogens is 1. The van der Waals surface area contributed by atoms with E-state index in [2.05, 4.69) is 0 Å². The van der Waals surface area contributed by atoms with E-state index < -0.39 is 11.0 Å². The highest BCUT2D eigenvalue weighted by molar-refractivity contribution is 6.31. The molecule has 2 N–H and O–H groups in total. The maximum Gasteiger partial charge on any atom is 0.269 e. The molecule has 1 unspecified atom stereocenters. The molecule has 0 radical (unpaired) electrons. The van der Waals surface area contributed by atoms with Crippen LogP contribution in [0, 0.1) is 10.1 Å². The van der Waals surface area contributed by atoms with Crippen LogP contribution in [0.5, 0.6) is 0 Å². The lowest BCUT2D eigenvalue weighted by molar-refractivity contribution is -0.385. The van der Waals surface area contributed by atoms with Crippen molar-refractivity contribution in [3.63, 3.8) is 0 Å². The smallest absolute Gasteiger partial charge is 0.269 e. The normalized spacial score (nSPS) is 12.5. The van der Waals surface area contributed by atoms with E-state index in [1.54, 1.807) is 0 Å². The second-order valence-corrected chi connectivity index (χ2v) is 3.40. The number of nitro groups is 1. The van der Waals surface area contributed by atoms with Gasteiger partial charge in [0, 0.05) is 35.7 Å². The summed E-state index contributed by atoms with van der Waals surface area (Å²) in [6.45, 7) is -0.208. The summed E-state index contributed by atoms with van der Waals surface area (Å²) in [7, 11) is 0. The molecular weight excluding hydrogens is 222 g/mol. The molecule has 0 spiro atoms. The van der Waals surface area contributed by atoms with E-state index in [0.29, 0.717) is 0 Å². The lowest BCUT2D eigenvalue weighted by Crippen LogP contribution is -2.02. The van der Waals surface area contributed by atoms with Crippen molar-refractivity contribution >= 4 is 17.3 Å². The topological polar surface area (TPSA) is 83.6 Å². The largest absolute Gasteiger partial charge is 0.396 e. The monoisotopic (exact) mass is 231 g/mol. The van der Waals surface area contributed by atoms with Crippen molar-refractivity contribution in [2.45, 2.75) is 12.5 Å². The van der Waals surface area contributed by atoms with E-state index in [1.165, 1.54) is 18.2 Å². The maximum absolute atomic E-state index is 10.5. The van der Waals surface area contributed by atoms with E-state index >= 15 is 0 Å². The summed E-state index contributed by atoms with van der Waals surface area (Å²) in [5.41, 5.74) is 0.131. The first-order valence-electron chi connectivity index (χ1n) is 4.29. The van der Waals surface area contributed by atoms with Gasteiger partial charge in [-0.3, -0.25) is 10.1 Å². The van der Waals surface area contributed by atoms with Crippen LogP contribution in [0.4, 0.5) is 5.69 Å². The number of nitro benzene ring substituents is 1. The van der Waals surface area contributed by atoms with Gasteiger partial charge in [0.1, 0.15) is 0 Å². The molecule has 6 heteroatoms. The standard InChI is InChI=1S/C9H10ClNO4/c10-8-2-1-6(11(14)15)5-7(8)9(13)3-4-12/h1-2,5,9,12-13H,3-4H2. The molecule has 5 nitrogen and oxygen atoms in total. The van der Waals surface area contributed by atoms with Gasteiger partial charge in [0.2, 0.25) is 0 Å². The van der Waals surface area contributed by atoms with Crippen molar-refractivity contribution in [2.24, 2.45) is 0 Å². The number of aliphatic hydroxyl groups excluding tert-OH is 2. The summed E-state index contributed by atoms with van der Waals surface area (Å²) < 4.78 is 0. The number of aliphatic hydroxyl groups is 2. The number of hydrogen-bond acceptors (Lipinski definition) is 4. The van der Waals surface area contributed by atoms with Gasteiger partial charge in [0.25, 0.3) is 5.69 Å². The predicted molar refractivity (Wildman–Crippen MR) is 54.8 cm³/mol. The molecule has 0 aliphatic carbocycles. The van der Waals surface area contributed by atoms with E-state index in [-0.39, 0.29) is 29.3 Å². The van der Waals surface area contributed by atoms with Crippen molar-refractivity contribution in [3.8, 4) is 0 Å². The third kappa shape index (κ3) is 2.89. The Kier molecular flexibility index (Phi) is 4.02. The zero-order chi connectivity index (χ0) is 11.4. The number of rotatable bonds is 4. The van der Waals surface area contributed by atoms with Crippen LogP contribution in [0.1, 0.15) is 18.1 Å². The first-order chi connectivity index (χ1) is 7.06. The van der Waals surface area contributed by atoms with Gasteiger partial charge in [-0.05, 0) is 6.07 Å². The van der Waals surface area contributed by atoms with Crippen molar-refractivity contribution in [2.75, 3.05) is 6.61 Å². The van der Waals surface area contributed by atoms with Crippen molar-refractivity contribution in [1.29, 1.82) is 0 Å². The Labute approximate surface area is 91.1 Å². The Morgan fingerprint density at radius 3 is 2.73 bits per heavy atom. The molecule has 0 saturated heterocycles. The number of nitrogens with zero attached hydrogens (tertiary/aromatic N) is 1. The Bertz CT molecular complexity index is 369. The van der Waals surface area contributed by atoms with E-state index in [4.69, 9.17) is 16.7 Å². The average molecular weight is 232 g/mol. The van der Waals surface area contributed by atoms with E-state index in [9.17, 15) is 15.2 Å². The molecule has 0 amide bonds. The highest BCUT2D eigenvalue weighted by atomic mass is 35.5. The molecule has 0 aliphatic heterocycles. The van der Waals surface area contributed by atoms with E-state index in [1.807, 2.05) is 0 Å². The Balaban J connectivity index is 3.04. The van der Waals surface area contributed by atoms with Crippen molar-refractivity contribution in [3.05, 3.63) is 38.9 Å². The lowest BCUT2D eigenvalue weighted by Gasteiger charge is -2.10. The first-order valence-corrected chi connectivity index (χ1v) is 4.67. The molecule has 82 valence electrons. The molecule has 1 atom stereocenters. The van der Waals surface area contributed by atoms with E-state index in [0.717, 1.165) is 0 Å². The van der Waals surface area contributed by atoms with Gasteiger partial charge in [-0.15, -0.1) is 0 Å². The summed E-state index contributed by atoms with van der Waals surface area (Å²) in [6, 6.07) is 3.83. The fraction of sp³-hybridized carbons (Fsp3) is 0.333. The molecule has 1 aromatic rings. The van der Waals surface area contributed by atoms with Crippen molar-refractivity contribution < 1.29 is 15.1 Å². The average Bonchev–Trinajstić information content (AvgIpc) is 2.18. The van der Waals surface area contributed by atoms with Gasteiger partial charge in [-0.1, -0.05) is 11.6 Å². The van der Waals surface area contributed by atoms with Crippen LogP contribution in [0.2, 0.25) is 5.02 Å². The highest BCUT2D eigenvalue weighted by Crippen LogP contribution is 2.28. The number of hydrogen-bond donors (Lipinski definition) is 2. The van der Waals surface area contributed by atoms with Gasteiger partial charge < -0.3 is 10.2 Å². The molecule has 0 aromatic heterocycles. The van der Waals surface area contributed by atoms with Gasteiger partial charge in [0.15, 0.2) is 0 Å². The zero-order valence-corrected chi connectivity index (χ0v) is 8.52. The third-order valence-electron chi connectivity index (χ3n) is 1.95. The fourth-order valence-electron chi connectivity index (χ4n) is 1.18. The first kappa shape index (κ1) is 11.9. The van der Waals surface area contributed by atoms with Gasteiger partial charge in [-0.25, -0.2) is 0 Å². The molecule has 0 heterocycles. The molecular formula is C9H10ClNO4. The van der Waals surface area contributed by atoms with Crippen LogP contribution < -0.4 is 0 Å². The predicted octanol–water partition coefficient (Wildman–Crippen LogP) is 1.66. The molecule has 15 heavy (non-hydrogen) atoms. The van der Waals surface area contributed by atoms with Crippen LogP contribution in [0.15, 0.2) is 18.2 Å². The third-order valence-corrected chi connectivity index (χ3v) is 2.30. The minimum Gasteiger partial charge on any atom is -0.396 e. The van der Waals surface area contributed by atoms with Crippen LogP contribution in [-0.2, 0) is 0 Å². The second kappa shape index (κ2) is 5.06. The molecule has 0 saturated carbocycles. The van der Waals surface area contributed by atoms with Crippen LogP contribution in [0.25, 0.3) is 0 Å². The molecule has 0 aliphatic rings. The zero-order valence-electron chi connectivity index (χ0n) is 7.76. The van der Waals surface area contributed by atoms with Crippen molar-refractivity contribution in [1.82, 2.24) is 0 Å². The summed E-state index contributed by atoms with van der Waals surface area (Å²) in [5, 5.41) is 28.9. The Hall–Kier alpha value is -1.17. The van der Waals surface area contributed by atoms with Gasteiger partial charge in [-0.2, -0.15) is 0 Å². The van der Waals surface area contributed by atoms with Gasteiger partial charge >= 0.3 is 0 Å². The summed E-state index contributed by atoms with van der Waals surface area (Å²) in [6.07, 6.45) is -0.886. The Morgan fingerprint density at radius 1 is 1.53 bits per heavy atom. The fourth-order valence-corrected chi connectivity index (χ4v) is 1.42. The maximum atomic E-state index is 10.5. The van der Waals surface area contributed by atoms with Gasteiger partial charge in [0.05, 0.1) is 11.0 Å². The minimum atomic E-state index is -0.984. The number of non-ortho nitro benzene ring substituents is 1. The lowest BCUT2D eigenvalue weighted by atomic mass is 10.1. The summed E-state index contributed by atoms with van der Waals surface area (Å²) in [5.74, 6) is 0. The number of benzene rings is 1. The summed E-state index contributed by atoms with van der Waals surface area (Å²) in [4.78, 5) is 9.91. The molecule has 0 bridgehead atoms. The van der Waals surface area contributed by atoms with Crippen LogP contribution in [-0.4, -0.2) is 21.7 Å². The summed E-state index contributed by atoms with van der Waals surface area (Å²) >= 11 is 5.77. The quantitative estimate of drug-likeness (QED) is 0.610. The van der Waals surface area contributed by atoms with Crippen LogP contribution >= 0.6 is 11.6 Å². The molecule has 1 rings (SSSR count). The molecule has 0 fully saturated rings. The second-order valence-electron chi connectivity index (χ2n) is 2.99. The van der Waals surface area contributed by atoms with Crippen LogP contribution in [0.3, 0.4) is 0 Å². The highest BCUT2D eigenvalue weighted by Gasteiger charge is 2.15. The molecule has 1 aromatic carbocycles. The SMILES string of the molecule is O=[N+]([O-])c1ccc(Cl)c(C(O)CCO)c1. The Morgan fingerprint density at radius 2 is 2.20 bits per heavy atom.